The minimum atomic E-state index is -1.01. The van der Waals surface area contributed by atoms with Gasteiger partial charge in [0.1, 0.15) is 46.0 Å². The second-order valence-corrected chi connectivity index (χ2v) is 15.8. The maximum absolute atomic E-state index is 6.35. The first-order valence-corrected chi connectivity index (χ1v) is 21.6. The molecule has 0 fully saturated rings. The molecule has 0 aliphatic heterocycles. The zero-order valence-corrected chi connectivity index (χ0v) is 33.9. The van der Waals surface area contributed by atoms with Crippen LogP contribution in [-0.2, 0) is 0 Å². The maximum atomic E-state index is 6.35. The van der Waals surface area contributed by atoms with Gasteiger partial charge >= 0.3 is 0 Å². The average molecular weight is 751 g/mol. The van der Waals surface area contributed by atoms with Crippen LogP contribution >= 0.6 is 15.8 Å². The standard InChI is InChI=1S/C42H56O8P2/c1-9-43-31-17-21-39(35(27-31)47-13-5)51(40-22-18-32(44-10-2)28-36(40)48-14-6)25-26-52(41-23-19-33(45-11-3)29-37(41)49-15-7)42-24-20-34(46-12-4)30-38(42)50-16-8/h17-24,27-30H,9-16,25-26H2,1-8H3. The van der Waals surface area contributed by atoms with E-state index in [9.17, 15) is 0 Å². The van der Waals surface area contributed by atoms with Crippen molar-refractivity contribution >= 4 is 37.1 Å². The molecular weight excluding hydrogens is 694 g/mol. The number of ether oxygens (including phenoxy) is 8. The molecule has 10 heteroatoms. The van der Waals surface area contributed by atoms with E-state index in [2.05, 4.69) is 24.3 Å². The molecule has 0 unspecified atom stereocenters. The van der Waals surface area contributed by atoms with Gasteiger partial charge in [0.05, 0.1) is 52.9 Å². The molecule has 0 aliphatic carbocycles. The molecule has 4 aromatic rings. The van der Waals surface area contributed by atoms with Crippen molar-refractivity contribution in [2.45, 2.75) is 55.4 Å². The van der Waals surface area contributed by atoms with Gasteiger partial charge in [-0.2, -0.15) is 0 Å². The lowest BCUT2D eigenvalue weighted by Gasteiger charge is -2.28. The Morgan fingerprint density at radius 2 is 0.519 bits per heavy atom. The first kappa shape index (κ1) is 40.9. The molecule has 0 atom stereocenters. The Morgan fingerprint density at radius 3 is 0.712 bits per heavy atom. The molecule has 8 nitrogen and oxygen atoms in total. The summed E-state index contributed by atoms with van der Waals surface area (Å²) in [4.78, 5) is 0. The molecule has 0 saturated carbocycles. The van der Waals surface area contributed by atoms with E-state index in [1.165, 1.54) is 0 Å². The fourth-order valence-corrected chi connectivity index (χ4v) is 11.6. The van der Waals surface area contributed by atoms with Crippen molar-refractivity contribution < 1.29 is 37.9 Å². The van der Waals surface area contributed by atoms with E-state index in [4.69, 9.17) is 37.9 Å². The van der Waals surface area contributed by atoms with E-state index in [1.54, 1.807) is 0 Å². The van der Waals surface area contributed by atoms with E-state index >= 15 is 0 Å². The van der Waals surface area contributed by atoms with Gasteiger partial charge < -0.3 is 37.9 Å². The molecular formula is C42H56O8P2. The van der Waals surface area contributed by atoms with Crippen molar-refractivity contribution in [1.82, 2.24) is 0 Å². The van der Waals surface area contributed by atoms with E-state index in [1.807, 2.05) is 104 Å². The third-order valence-corrected chi connectivity index (χ3v) is 13.4. The highest BCUT2D eigenvalue weighted by Crippen LogP contribution is 2.48. The largest absolute Gasteiger partial charge is 0.494 e. The molecule has 0 bridgehead atoms. The third kappa shape index (κ3) is 10.8. The quantitative estimate of drug-likeness (QED) is 0.0700. The Balaban J connectivity index is 1.93. The molecule has 4 rings (SSSR count). The van der Waals surface area contributed by atoms with Crippen LogP contribution in [0.2, 0.25) is 0 Å². The Hall–Kier alpha value is -3.86. The number of benzene rings is 4. The Labute approximate surface area is 313 Å². The van der Waals surface area contributed by atoms with Crippen molar-refractivity contribution in [3.8, 4) is 46.0 Å². The average Bonchev–Trinajstić information content (AvgIpc) is 3.13. The van der Waals surface area contributed by atoms with Gasteiger partial charge in [-0.25, -0.2) is 0 Å². The summed E-state index contributed by atoms with van der Waals surface area (Å²) in [5.41, 5.74) is 0. The first-order valence-electron chi connectivity index (χ1n) is 18.6. The van der Waals surface area contributed by atoms with Crippen LogP contribution in [0.4, 0.5) is 0 Å². The van der Waals surface area contributed by atoms with Crippen molar-refractivity contribution in [3.63, 3.8) is 0 Å². The van der Waals surface area contributed by atoms with E-state index in [-0.39, 0.29) is 0 Å². The maximum Gasteiger partial charge on any atom is 0.130 e. The minimum absolute atomic E-state index is 0.536. The van der Waals surface area contributed by atoms with Crippen molar-refractivity contribution in [3.05, 3.63) is 72.8 Å². The lowest BCUT2D eigenvalue weighted by Crippen LogP contribution is -2.24. The summed E-state index contributed by atoms with van der Waals surface area (Å²) in [5, 5.41) is 4.53. The summed E-state index contributed by atoms with van der Waals surface area (Å²) < 4.78 is 49.1. The van der Waals surface area contributed by atoms with E-state index < -0.39 is 15.8 Å². The second kappa shape index (κ2) is 21.6. The SMILES string of the molecule is CCOc1ccc(P(CCP(c2ccc(OCC)cc2OCC)c2ccc(OCC)cc2OCC)c2ccc(OCC)cc2OCC)c(OCC)c1. The molecule has 0 N–H and O–H groups in total. The zero-order valence-electron chi connectivity index (χ0n) is 32.2. The van der Waals surface area contributed by atoms with Crippen LogP contribution in [0.25, 0.3) is 0 Å². The highest BCUT2D eigenvalue weighted by Gasteiger charge is 2.28. The monoisotopic (exact) mass is 750 g/mol. The fourth-order valence-electron chi connectivity index (χ4n) is 5.92. The van der Waals surface area contributed by atoms with Gasteiger partial charge in [-0.05, 0) is 132 Å². The highest BCUT2D eigenvalue weighted by atomic mass is 31.1. The molecule has 0 spiro atoms. The van der Waals surface area contributed by atoms with Crippen LogP contribution in [0.15, 0.2) is 72.8 Å². The van der Waals surface area contributed by atoms with Gasteiger partial charge in [0.25, 0.3) is 0 Å². The molecule has 52 heavy (non-hydrogen) atoms. The molecule has 0 heterocycles. The van der Waals surface area contributed by atoms with Crippen LogP contribution in [-0.4, -0.2) is 65.2 Å². The van der Waals surface area contributed by atoms with Gasteiger partial charge in [-0.1, -0.05) is 0 Å². The van der Waals surface area contributed by atoms with E-state index in [0.29, 0.717) is 52.9 Å². The lowest BCUT2D eigenvalue weighted by molar-refractivity contribution is 0.324. The van der Waals surface area contributed by atoms with Gasteiger partial charge in [-0.15, -0.1) is 0 Å². The zero-order chi connectivity index (χ0) is 37.3. The first-order chi connectivity index (χ1) is 25.4. The molecule has 4 aromatic carbocycles. The van der Waals surface area contributed by atoms with E-state index in [0.717, 1.165) is 79.5 Å². The van der Waals surface area contributed by atoms with Crippen LogP contribution in [0, 0.1) is 0 Å². The molecule has 0 aromatic heterocycles. The van der Waals surface area contributed by atoms with Gasteiger partial charge in [0, 0.05) is 45.5 Å². The molecule has 0 amide bonds. The number of rotatable bonds is 23. The van der Waals surface area contributed by atoms with Gasteiger partial charge in [0.15, 0.2) is 0 Å². The summed E-state index contributed by atoms with van der Waals surface area (Å²) in [6.45, 7) is 20.5. The molecule has 0 radical (unpaired) electrons. The predicted molar refractivity (Wildman–Crippen MR) is 217 cm³/mol. The normalized spacial score (nSPS) is 11.0. The van der Waals surface area contributed by atoms with Crippen LogP contribution in [0.3, 0.4) is 0 Å². The van der Waals surface area contributed by atoms with Crippen molar-refractivity contribution in [2.75, 3.05) is 65.2 Å². The fraction of sp³-hybridized carbons (Fsp3) is 0.429. The number of hydrogen-bond acceptors (Lipinski definition) is 8. The third-order valence-electron chi connectivity index (χ3n) is 7.88. The lowest BCUT2D eigenvalue weighted by atomic mass is 10.3. The summed E-state index contributed by atoms with van der Waals surface area (Å²) >= 11 is 0. The van der Waals surface area contributed by atoms with Crippen molar-refractivity contribution in [2.24, 2.45) is 0 Å². The molecule has 0 aliphatic rings. The predicted octanol–water partition coefficient (Wildman–Crippen LogP) is 8.44. The Morgan fingerprint density at radius 1 is 0.308 bits per heavy atom. The second-order valence-electron chi connectivity index (χ2n) is 11.3. The van der Waals surface area contributed by atoms with Gasteiger partial charge in [-0.3, -0.25) is 0 Å². The van der Waals surface area contributed by atoms with Crippen LogP contribution in [0.1, 0.15) is 55.4 Å². The van der Waals surface area contributed by atoms with Crippen LogP contribution in [0.5, 0.6) is 46.0 Å². The molecule has 0 saturated heterocycles. The Kier molecular flexibility index (Phi) is 17.0. The highest BCUT2D eigenvalue weighted by molar-refractivity contribution is 7.77. The number of hydrogen-bond donors (Lipinski definition) is 0. The topological polar surface area (TPSA) is 73.8 Å². The minimum Gasteiger partial charge on any atom is -0.494 e. The summed E-state index contributed by atoms with van der Waals surface area (Å²) in [7, 11) is -2.01. The smallest absolute Gasteiger partial charge is 0.130 e. The summed E-state index contributed by atoms with van der Waals surface area (Å²) in [6.07, 6.45) is 1.67. The van der Waals surface area contributed by atoms with Crippen molar-refractivity contribution in [1.29, 1.82) is 0 Å². The summed E-state index contributed by atoms with van der Waals surface area (Å²) in [5.74, 6) is 6.45. The van der Waals surface area contributed by atoms with Crippen LogP contribution < -0.4 is 59.1 Å². The summed E-state index contributed by atoms with van der Waals surface area (Å²) in [6, 6.07) is 25.0. The van der Waals surface area contributed by atoms with Gasteiger partial charge in [0.2, 0.25) is 0 Å². The molecule has 282 valence electrons. The Bertz CT molecular complexity index is 1440.